The van der Waals surface area contributed by atoms with E-state index in [9.17, 15) is 0 Å². The van der Waals surface area contributed by atoms with E-state index in [-0.39, 0.29) is 5.60 Å². The van der Waals surface area contributed by atoms with Crippen LogP contribution in [-0.2, 0) is 16.5 Å². The summed E-state index contributed by atoms with van der Waals surface area (Å²) in [4.78, 5) is 0. The quantitative estimate of drug-likeness (QED) is 0.912. The molecule has 2 aliphatic heterocycles. The first-order valence-corrected chi connectivity index (χ1v) is 7.53. The Kier molecular flexibility index (Phi) is 3.84. The van der Waals surface area contributed by atoms with Gasteiger partial charge in [-0.05, 0) is 32.7 Å². The lowest BCUT2D eigenvalue weighted by Gasteiger charge is -2.40. The summed E-state index contributed by atoms with van der Waals surface area (Å²) in [7, 11) is 4.03. The number of nitrogens with one attached hydrogen (secondary N) is 1. The lowest BCUT2D eigenvalue weighted by Crippen LogP contribution is -2.43. The molecule has 5 heteroatoms. The Morgan fingerprint density at radius 3 is 2.95 bits per heavy atom. The monoisotopic (exact) mass is 279 g/mol. The van der Waals surface area contributed by atoms with Crippen LogP contribution >= 0.6 is 0 Å². The topological polar surface area (TPSA) is 48.3 Å². The van der Waals surface area contributed by atoms with Gasteiger partial charge >= 0.3 is 0 Å². The van der Waals surface area contributed by atoms with Gasteiger partial charge in [-0.1, -0.05) is 0 Å². The van der Waals surface area contributed by atoms with E-state index in [4.69, 9.17) is 9.47 Å². The molecule has 3 heterocycles. The van der Waals surface area contributed by atoms with E-state index >= 15 is 0 Å². The second-order valence-electron chi connectivity index (χ2n) is 6.20. The standard InChI is InChI=1S/C15H25N3O2/c1-11-13(9-18(3)17-11)14(16-2)12-4-6-20-15(8-12)5-7-19-10-15/h9,12,14,16H,4-8,10H2,1-3H3. The predicted molar refractivity (Wildman–Crippen MR) is 76.6 cm³/mol. The highest BCUT2D eigenvalue weighted by Gasteiger charge is 2.43. The van der Waals surface area contributed by atoms with Crippen LogP contribution in [-0.4, -0.2) is 42.2 Å². The van der Waals surface area contributed by atoms with Crippen molar-refractivity contribution in [1.82, 2.24) is 15.1 Å². The van der Waals surface area contributed by atoms with Gasteiger partial charge in [0.05, 0.1) is 17.9 Å². The van der Waals surface area contributed by atoms with Crippen LogP contribution in [0.2, 0.25) is 0 Å². The molecule has 0 aliphatic carbocycles. The second kappa shape index (κ2) is 5.47. The number of aryl methyl sites for hydroxylation is 2. The molecular formula is C15H25N3O2. The molecule has 2 aliphatic rings. The fourth-order valence-corrected chi connectivity index (χ4v) is 3.78. The van der Waals surface area contributed by atoms with E-state index in [0.717, 1.165) is 44.8 Å². The number of aromatic nitrogens is 2. The highest BCUT2D eigenvalue weighted by Crippen LogP contribution is 2.41. The minimum atomic E-state index is -0.0336. The molecule has 20 heavy (non-hydrogen) atoms. The van der Waals surface area contributed by atoms with Gasteiger partial charge in [0.15, 0.2) is 0 Å². The summed E-state index contributed by atoms with van der Waals surface area (Å²) in [6.07, 6.45) is 5.35. The van der Waals surface area contributed by atoms with Gasteiger partial charge in [0.1, 0.15) is 0 Å². The molecule has 1 N–H and O–H groups in total. The molecule has 0 bridgehead atoms. The lowest BCUT2D eigenvalue weighted by atomic mass is 9.79. The first kappa shape index (κ1) is 14.0. The van der Waals surface area contributed by atoms with Crippen LogP contribution in [0.15, 0.2) is 6.20 Å². The zero-order valence-corrected chi connectivity index (χ0v) is 12.7. The summed E-state index contributed by atoms with van der Waals surface area (Å²) in [5.41, 5.74) is 2.40. The van der Waals surface area contributed by atoms with E-state index in [1.165, 1.54) is 5.56 Å². The molecule has 0 aromatic carbocycles. The van der Waals surface area contributed by atoms with E-state index in [0.29, 0.717) is 12.0 Å². The SMILES string of the molecule is CNC(c1cn(C)nc1C)C1CCOC2(CCOC2)C1. The maximum atomic E-state index is 6.05. The maximum Gasteiger partial charge on any atom is 0.0940 e. The summed E-state index contributed by atoms with van der Waals surface area (Å²) in [6.45, 7) is 4.52. The van der Waals surface area contributed by atoms with Crippen LogP contribution in [0.1, 0.15) is 36.6 Å². The number of ether oxygens (including phenoxy) is 2. The Morgan fingerprint density at radius 2 is 2.35 bits per heavy atom. The fraction of sp³-hybridized carbons (Fsp3) is 0.800. The minimum absolute atomic E-state index is 0.0336. The zero-order valence-electron chi connectivity index (χ0n) is 12.7. The van der Waals surface area contributed by atoms with Crippen molar-refractivity contribution >= 4 is 0 Å². The summed E-state index contributed by atoms with van der Waals surface area (Å²) < 4.78 is 13.5. The molecule has 5 nitrogen and oxygen atoms in total. The van der Waals surface area contributed by atoms with Crippen molar-refractivity contribution in [3.05, 3.63) is 17.5 Å². The number of hydrogen-bond acceptors (Lipinski definition) is 4. The van der Waals surface area contributed by atoms with Gasteiger partial charge in [-0.2, -0.15) is 5.10 Å². The lowest BCUT2D eigenvalue weighted by molar-refractivity contribution is -0.103. The molecule has 1 spiro atoms. The molecule has 1 aromatic heterocycles. The third-order valence-electron chi connectivity index (χ3n) is 4.77. The maximum absolute atomic E-state index is 6.05. The van der Waals surface area contributed by atoms with E-state index in [2.05, 4.69) is 23.5 Å². The van der Waals surface area contributed by atoms with Gasteiger partial charge in [-0.25, -0.2) is 0 Å². The Labute approximate surface area is 120 Å². The smallest absolute Gasteiger partial charge is 0.0940 e. The predicted octanol–water partition coefficient (Wildman–Crippen LogP) is 1.57. The summed E-state index contributed by atoms with van der Waals surface area (Å²) >= 11 is 0. The normalized spacial score (nSPS) is 31.9. The number of nitrogens with zero attached hydrogens (tertiary/aromatic N) is 2. The molecule has 3 atom stereocenters. The Hall–Kier alpha value is -0.910. The minimum Gasteiger partial charge on any atom is -0.378 e. The van der Waals surface area contributed by atoms with E-state index in [1.54, 1.807) is 0 Å². The van der Waals surface area contributed by atoms with Crippen LogP contribution < -0.4 is 5.32 Å². The van der Waals surface area contributed by atoms with Gasteiger partial charge in [-0.15, -0.1) is 0 Å². The molecule has 0 amide bonds. The van der Waals surface area contributed by atoms with Gasteiger partial charge < -0.3 is 14.8 Å². The van der Waals surface area contributed by atoms with Crippen molar-refractivity contribution in [3.8, 4) is 0 Å². The van der Waals surface area contributed by atoms with Crippen LogP contribution in [0.3, 0.4) is 0 Å². The van der Waals surface area contributed by atoms with Gasteiger partial charge in [0.25, 0.3) is 0 Å². The molecule has 2 saturated heterocycles. The third kappa shape index (κ3) is 2.50. The number of hydrogen-bond donors (Lipinski definition) is 1. The van der Waals surface area contributed by atoms with E-state index in [1.807, 2.05) is 18.8 Å². The molecule has 0 radical (unpaired) electrons. The van der Waals surface area contributed by atoms with Crippen LogP contribution in [0.25, 0.3) is 0 Å². The van der Waals surface area contributed by atoms with Gasteiger partial charge in [-0.3, -0.25) is 4.68 Å². The van der Waals surface area contributed by atoms with Crippen molar-refractivity contribution in [2.75, 3.05) is 26.9 Å². The first-order valence-electron chi connectivity index (χ1n) is 7.53. The third-order valence-corrected chi connectivity index (χ3v) is 4.77. The molecular weight excluding hydrogens is 254 g/mol. The molecule has 3 unspecified atom stereocenters. The molecule has 3 rings (SSSR count). The first-order chi connectivity index (χ1) is 9.63. The summed E-state index contributed by atoms with van der Waals surface area (Å²) in [6, 6.07) is 0.352. The van der Waals surface area contributed by atoms with Crippen LogP contribution in [0.5, 0.6) is 0 Å². The fourth-order valence-electron chi connectivity index (χ4n) is 3.78. The van der Waals surface area contributed by atoms with Crippen molar-refractivity contribution in [1.29, 1.82) is 0 Å². The van der Waals surface area contributed by atoms with Crippen molar-refractivity contribution in [3.63, 3.8) is 0 Å². The Bertz CT molecular complexity index is 466. The largest absolute Gasteiger partial charge is 0.378 e. The van der Waals surface area contributed by atoms with Crippen LogP contribution in [0.4, 0.5) is 0 Å². The van der Waals surface area contributed by atoms with Crippen molar-refractivity contribution < 1.29 is 9.47 Å². The average molecular weight is 279 g/mol. The molecule has 112 valence electrons. The second-order valence-corrected chi connectivity index (χ2v) is 6.20. The zero-order chi connectivity index (χ0) is 14.2. The van der Waals surface area contributed by atoms with Crippen molar-refractivity contribution in [2.24, 2.45) is 13.0 Å². The summed E-state index contributed by atoms with van der Waals surface area (Å²) in [5.74, 6) is 0.582. The highest BCUT2D eigenvalue weighted by molar-refractivity contribution is 5.21. The van der Waals surface area contributed by atoms with Gasteiger partial charge in [0.2, 0.25) is 0 Å². The molecule has 0 saturated carbocycles. The van der Waals surface area contributed by atoms with Crippen molar-refractivity contribution in [2.45, 2.75) is 37.8 Å². The number of rotatable bonds is 3. The molecule has 2 fully saturated rings. The molecule has 1 aromatic rings. The van der Waals surface area contributed by atoms with E-state index < -0.39 is 0 Å². The van der Waals surface area contributed by atoms with Crippen LogP contribution in [0, 0.1) is 12.8 Å². The summed E-state index contributed by atoms with van der Waals surface area (Å²) in [5, 5.41) is 7.98. The van der Waals surface area contributed by atoms with Gasteiger partial charge in [0, 0.05) is 44.5 Å². The highest BCUT2D eigenvalue weighted by atomic mass is 16.6. The average Bonchev–Trinajstić information content (AvgIpc) is 2.99. The Morgan fingerprint density at radius 1 is 1.50 bits per heavy atom. The Balaban J connectivity index is 1.80.